The summed E-state index contributed by atoms with van der Waals surface area (Å²) in [6.07, 6.45) is 1.89. The molecule has 1 aromatic rings. The Bertz CT molecular complexity index is 316. The number of hydrogen-bond donors (Lipinski definition) is 2. The monoisotopic (exact) mass is 195 g/mol. The van der Waals surface area contributed by atoms with Gasteiger partial charge in [-0.05, 0) is 25.3 Å². The highest BCUT2D eigenvalue weighted by Gasteiger charge is 2.18. The van der Waals surface area contributed by atoms with Gasteiger partial charge in [0.2, 0.25) is 0 Å². The van der Waals surface area contributed by atoms with Crippen LogP contribution in [0.15, 0.2) is 16.4 Å². The molecule has 0 bridgehead atoms. The Labute approximate surface area is 81.9 Å². The number of rotatable bonds is 2. The fraction of sp³-hybridized carbons (Fsp3) is 0.444. The number of fused-ring (bicyclic) bond motifs is 1. The van der Waals surface area contributed by atoms with Gasteiger partial charge in [-0.25, -0.2) is 0 Å². The Hall–Kier alpha value is -0.870. The molecule has 70 valence electrons. The molecule has 0 radical (unpaired) electrons. The lowest BCUT2D eigenvalue weighted by atomic mass is 10.2. The highest BCUT2D eigenvalue weighted by Crippen LogP contribution is 2.31. The maximum atomic E-state index is 4.35. The largest absolute Gasteiger partial charge is 0.346 e. The molecule has 0 aliphatic carbocycles. The van der Waals surface area contributed by atoms with Gasteiger partial charge in [-0.15, -0.1) is 11.3 Å². The van der Waals surface area contributed by atoms with Crippen LogP contribution in [0.1, 0.15) is 24.9 Å². The number of thiophene rings is 1. The topological polar surface area (TPSA) is 36.4 Å². The third kappa shape index (κ3) is 1.73. The van der Waals surface area contributed by atoms with E-state index < -0.39 is 0 Å². The van der Waals surface area contributed by atoms with Crippen LogP contribution in [0.4, 0.5) is 5.69 Å². The molecule has 1 aromatic heterocycles. The van der Waals surface area contributed by atoms with Gasteiger partial charge in [-0.3, -0.25) is 10.3 Å². The lowest BCUT2D eigenvalue weighted by Gasteiger charge is -2.20. The maximum absolute atomic E-state index is 4.35. The molecule has 1 atom stereocenters. The fourth-order valence-corrected chi connectivity index (χ4v) is 2.20. The second-order valence-electron chi connectivity index (χ2n) is 3.34. The summed E-state index contributed by atoms with van der Waals surface area (Å²) in [5.74, 6) is 0. The first-order valence-corrected chi connectivity index (χ1v) is 5.27. The lowest BCUT2D eigenvalue weighted by molar-refractivity contribution is 0.498. The zero-order valence-electron chi connectivity index (χ0n) is 7.74. The van der Waals surface area contributed by atoms with E-state index in [1.54, 1.807) is 17.7 Å². The van der Waals surface area contributed by atoms with Crippen molar-refractivity contribution in [1.82, 2.24) is 5.32 Å². The van der Waals surface area contributed by atoms with Gasteiger partial charge in [0.05, 0.1) is 16.9 Å². The molecule has 2 heterocycles. The third-order valence-electron chi connectivity index (χ3n) is 1.88. The molecule has 0 fully saturated rings. The van der Waals surface area contributed by atoms with E-state index in [0.717, 1.165) is 0 Å². The van der Waals surface area contributed by atoms with Crippen molar-refractivity contribution in [1.29, 1.82) is 0 Å². The average Bonchev–Trinajstić information content (AvgIpc) is 2.51. The van der Waals surface area contributed by atoms with Crippen LogP contribution >= 0.6 is 11.3 Å². The van der Waals surface area contributed by atoms with Gasteiger partial charge < -0.3 is 5.32 Å². The molecular formula is C9H13N3S. The van der Waals surface area contributed by atoms with Crippen LogP contribution in [-0.2, 0) is 0 Å². The van der Waals surface area contributed by atoms with Crippen molar-refractivity contribution in [2.24, 2.45) is 4.99 Å². The minimum Gasteiger partial charge on any atom is -0.346 e. The van der Waals surface area contributed by atoms with Crippen molar-refractivity contribution in [3.63, 3.8) is 0 Å². The van der Waals surface area contributed by atoms with Crippen LogP contribution in [0.25, 0.3) is 0 Å². The second kappa shape index (κ2) is 3.47. The van der Waals surface area contributed by atoms with Gasteiger partial charge in [-0.2, -0.15) is 0 Å². The average molecular weight is 195 g/mol. The standard InChI is InChI=1S/C9H13N3S/c1-6(2)12-9-8-7(3-4-13-8)10-5-11-9/h3-6,9,12H,1-2H3,(H,10,11). The fourth-order valence-electron chi connectivity index (χ4n) is 1.34. The summed E-state index contributed by atoms with van der Waals surface area (Å²) in [7, 11) is 0. The minimum atomic E-state index is 0.135. The van der Waals surface area contributed by atoms with Crippen LogP contribution in [0, 0.1) is 0 Å². The first-order chi connectivity index (χ1) is 6.27. The molecule has 0 saturated carbocycles. The summed E-state index contributed by atoms with van der Waals surface area (Å²) in [4.78, 5) is 5.62. The van der Waals surface area contributed by atoms with Crippen LogP contribution in [-0.4, -0.2) is 12.4 Å². The normalized spacial score (nSPS) is 20.1. The predicted molar refractivity (Wildman–Crippen MR) is 57.4 cm³/mol. The summed E-state index contributed by atoms with van der Waals surface area (Å²) in [6.45, 7) is 4.26. The number of nitrogens with zero attached hydrogens (tertiary/aromatic N) is 1. The molecule has 2 N–H and O–H groups in total. The van der Waals surface area contributed by atoms with Crippen LogP contribution in [0.2, 0.25) is 0 Å². The predicted octanol–water partition coefficient (Wildman–Crippen LogP) is 2.20. The molecule has 13 heavy (non-hydrogen) atoms. The van der Waals surface area contributed by atoms with E-state index in [9.17, 15) is 0 Å². The van der Waals surface area contributed by atoms with Crippen molar-refractivity contribution in [2.45, 2.75) is 26.1 Å². The number of anilines is 1. The van der Waals surface area contributed by atoms with E-state index in [2.05, 4.69) is 40.9 Å². The van der Waals surface area contributed by atoms with E-state index in [1.807, 2.05) is 0 Å². The second-order valence-corrected chi connectivity index (χ2v) is 4.29. The molecular weight excluding hydrogens is 182 g/mol. The molecule has 4 heteroatoms. The summed E-state index contributed by atoms with van der Waals surface area (Å²) < 4.78 is 0. The summed E-state index contributed by atoms with van der Waals surface area (Å²) in [5, 5.41) is 8.61. The first-order valence-electron chi connectivity index (χ1n) is 4.39. The van der Waals surface area contributed by atoms with Crippen molar-refractivity contribution >= 4 is 23.4 Å². The van der Waals surface area contributed by atoms with E-state index in [1.165, 1.54) is 10.6 Å². The molecule has 0 aromatic carbocycles. The summed E-state index contributed by atoms with van der Waals surface area (Å²) in [5.41, 5.74) is 1.18. The first kappa shape index (κ1) is 8.72. The van der Waals surface area contributed by atoms with Crippen molar-refractivity contribution < 1.29 is 0 Å². The van der Waals surface area contributed by atoms with Crippen LogP contribution in [0.5, 0.6) is 0 Å². The number of hydrogen-bond acceptors (Lipinski definition) is 4. The molecule has 3 nitrogen and oxygen atoms in total. The van der Waals surface area contributed by atoms with Gasteiger partial charge in [0.15, 0.2) is 0 Å². The van der Waals surface area contributed by atoms with E-state index in [4.69, 9.17) is 0 Å². The zero-order valence-corrected chi connectivity index (χ0v) is 8.56. The van der Waals surface area contributed by atoms with Gasteiger partial charge in [-0.1, -0.05) is 0 Å². The Balaban J connectivity index is 2.20. The van der Waals surface area contributed by atoms with Crippen molar-refractivity contribution in [3.05, 3.63) is 16.3 Å². The molecule has 0 amide bonds. The van der Waals surface area contributed by atoms with Gasteiger partial charge in [0.25, 0.3) is 0 Å². The molecule has 1 aliphatic heterocycles. The van der Waals surface area contributed by atoms with Crippen molar-refractivity contribution in [2.75, 3.05) is 5.32 Å². The zero-order chi connectivity index (χ0) is 9.26. The smallest absolute Gasteiger partial charge is 0.138 e. The molecule has 0 saturated heterocycles. The number of nitrogens with one attached hydrogen (secondary N) is 2. The summed E-state index contributed by atoms with van der Waals surface area (Å²) >= 11 is 1.74. The lowest BCUT2D eigenvalue weighted by Crippen LogP contribution is -2.28. The van der Waals surface area contributed by atoms with Gasteiger partial charge >= 0.3 is 0 Å². The van der Waals surface area contributed by atoms with Gasteiger partial charge in [0.1, 0.15) is 6.17 Å². The SMILES string of the molecule is CC(C)NC1N=CNc2ccsc21. The van der Waals surface area contributed by atoms with E-state index in [-0.39, 0.29) is 6.17 Å². The van der Waals surface area contributed by atoms with E-state index >= 15 is 0 Å². The van der Waals surface area contributed by atoms with Crippen LogP contribution < -0.4 is 10.6 Å². The highest BCUT2D eigenvalue weighted by molar-refractivity contribution is 7.10. The third-order valence-corrected chi connectivity index (χ3v) is 2.85. The molecule has 1 aliphatic rings. The Morgan fingerprint density at radius 2 is 2.46 bits per heavy atom. The van der Waals surface area contributed by atoms with Crippen LogP contribution in [0.3, 0.4) is 0 Å². The Kier molecular flexibility index (Phi) is 2.33. The molecule has 1 unspecified atom stereocenters. The van der Waals surface area contributed by atoms with Gasteiger partial charge in [0, 0.05) is 6.04 Å². The van der Waals surface area contributed by atoms with Crippen molar-refractivity contribution in [3.8, 4) is 0 Å². The Morgan fingerprint density at radius 3 is 3.23 bits per heavy atom. The Morgan fingerprint density at radius 1 is 1.62 bits per heavy atom. The maximum Gasteiger partial charge on any atom is 0.138 e. The molecule has 2 rings (SSSR count). The highest BCUT2D eigenvalue weighted by atomic mass is 32.1. The molecule has 0 spiro atoms. The number of aliphatic imine (C=N–C) groups is 1. The quantitative estimate of drug-likeness (QED) is 0.759. The summed E-state index contributed by atoms with van der Waals surface area (Å²) in [6, 6.07) is 2.54. The minimum absolute atomic E-state index is 0.135. The van der Waals surface area contributed by atoms with E-state index in [0.29, 0.717) is 6.04 Å².